The van der Waals surface area contributed by atoms with Crippen LogP contribution in [0.3, 0.4) is 0 Å². The zero-order valence-electron chi connectivity index (χ0n) is 15.2. The number of aliphatic carboxylic acids is 1. The fraction of sp³-hybridized carbons (Fsp3) is 0.211. The molecule has 1 N–H and O–H groups in total. The number of furan rings is 1. The molecule has 1 amide bonds. The molecule has 1 aliphatic rings. The minimum absolute atomic E-state index is 0.0769. The number of aromatic nitrogens is 4. The first-order valence-corrected chi connectivity index (χ1v) is 8.86. The molecule has 1 unspecified atom stereocenters. The summed E-state index contributed by atoms with van der Waals surface area (Å²) in [5.41, 5.74) is 0.857. The van der Waals surface area contributed by atoms with Crippen LogP contribution in [0.1, 0.15) is 5.76 Å². The summed E-state index contributed by atoms with van der Waals surface area (Å²) in [6.45, 7) is 0.297. The van der Waals surface area contributed by atoms with Crippen molar-refractivity contribution in [2.75, 3.05) is 19.7 Å². The third-order valence-corrected chi connectivity index (χ3v) is 4.40. The number of carboxylic acids is 1. The van der Waals surface area contributed by atoms with Crippen LogP contribution >= 0.6 is 0 Å². The molecule has 3 aromatic rings. The Morgan fingerprint density at radius 2 is 2.00 bits per heavy atom. The van der Waals surface area contributed by atoms with Crippen molar-refractivity contribution < 1.29 is 23.8 Å². The summed E-state index contributed by atoms with van der Waals surface area (Å²) in [5.74, 6) is -0.738. The molecule has 1 aromatic carbocycles. The lowest BCUT2D eigenvalue weighted by molar-refractivity contribution is -0.158. The first-order valence-electron chi connectivity index (χ1n) is 8.86. The maximum absolute atomic E-state index is 13.3. The summed E-state index contributed by atoms with van der Waals surface area (Å²) >= 11 is 0. The van der Waals surface area contributed by atoms with Crippen LogP contribution in [-0.4, -0.2) is 67.9 Å². The molecule has 10 nitrogen and oxygen atoms in total. The fourth-order valence-corrected chi connectivity index (χ4v) is 2.98. The van der Waals surface area contributed by atoms with E-state index in [0.29, 0.717) is 11.6 Å². The Kier molecular flexibility index (Phi) is 5.16. The Morgan fingerprint density at radius 3 is 2.72 bits per heavy atom. The number of nitrogens with zero attached hydrogens (tertiary/aromatic N) is 5. The van der Waals surface area contributed by atoms with E-state index in [1.165, 1.54) is 21.9 Å². The highest BCUT2D eigenvalue weighted by molar-refractivity contribution is 6.18. The SMILES string of the molecule is O=C(O)C1CN(C(=O)C(=Cc2ccco2)n2nnnc2-c2ccccc2)CCO1. The van der Waals surface area contributed by atoms with Gasteiger partial charge in [0.1, 0.15) is 11.5 Å². The third kappa shape index (κ3) is 3.92. The van der Waals surface area contributed by atoms with Gasteiger partial charge in [-0.3, -0.25) is 4.79 Å². The van der Waals surface area contributed by atoms with Gasteiger partial charge >= 0.3 is 5.97 Å². The number of rotatable bonds is 5. The maximum Gasteiger partial charge on any atom is 0.334 e. The number of ether oxygens (including phenoxy) is 1. The van der Waals surface area contributed by atoms with Crippen molar-refractivity contribution in [3.8, 4) is 11.4 Å². The minimum Gasteiger partial charge on any atom is -0.479 e. The Morgan fingerprint density at radius 1 is 1.17 bits per heavy atom. The van der Waals surface area contributed by atoms with Crippen LogP contribution in [0.5, 0.6) is 0 Å². The second-order valence-corrected chi connectivity index (χ2v) is 6.27. The number of hydrogen-bond donors (Lipinski definition) is 1. The van der Waals surface area contributed by atoms with Crippen molar-refractivity contribution >= 4 is 23.6 Å². The highest BCUT2D eigenvalue weighted by atomic mass is 16.5. The largest absolute Gasteiger partial charge is 0.479 e. The van der Waals surface area contributed by atoms with Gasteiger partial charge in [0.2, 0.25) is 0 Å². The number of carbonyl (C=O) groups excluding carboxylic acids is 1. The van der Waals surface area contributed by atoms with Gasteiger partial charge in [0, 0.05) is 18.2 Å². The molecule has 0 spiro atoms. The van der Waals surface area contributed by atoms with Crippen molar-refractivity contribution in [2.24, 2.45) is 0 Å². The zero-order chi connectivity index (χ0) is 20.2. The minimum atomic E-state index is -1.12. The Bertz CT molecular complexity index is 1030. The van der Waals surface area contributed by atoms with Gasteiger partial charge < -0.3 is 19.2 Å². The molecule has 1 aliphatic heterocycles. The van der Waals surface area contributed by atoms with Gasteiger partial charge in [-0.25, -0.2) is 4.79 Å². The summed E-state index contributed by atoms with van der Waals surface area (Å²) in [4.78, 5) is 26.0. The molecule has 2 aromatic heterocycles. The van der Waals surface area contributed by atoms with Crippen LogP contribution in [0.2, 0.25) is 0 Å². The lowest BCUT2D eigenvalue weighted by Crippen LogP contribution is -2.49. The number of tetrazole rings is 1. The van der Waals surface area contributed by atoms with Gasteiger partial charge in [-0.1, -0.05) is 30.3 Å². The molecule has 1 atom stereocenters. The normalized spacial score (nSPS) is 17.3. The van der Waals surface area contributed by atoms with Gasteiger partial charge in [0.05, 0.1) is 19.4 Å². The monoisotopic (exact) mass is 395 g/mol. The summed E-state index contributed by atoms with van der Waals surface area (Å²) < 4.78 is 11.9. The summed E-state index contributed by atoms with van der Waals surface area (Å²) in [7, 11) is 0. The predicted molar refractivity (Wildman–Crippen MR) is 100 cm³/mol. The third-order valence-electron chi connectivity index (χ3n) is 4.40. The molecule has 1 fully saturated rings. The molecule has 3 heterocycles. The second-order valence-electron chi connectivity index (χ2n) is 6.27. The first kappa shape index (κ1) is 18.6. The lowest BCUT2D eigenvalue weighted by Gasteiger charge is -2.31. The molecule has 0 bridgehead atoms. The highest BCUT2D eigenvalue weighted by Crippen LogP contribution is 2.22. The van der Waals surface area contributed by atoms with Gasteiger partial charge in [-0.2, -0.15) is 4.68 Å². The van der Waals surface area contributed by atoms with E-state index in [1.807, 2.05) is 30.3 Å². The standard InChI is InChI=1S/C19H17N5O5/c25-18(23-8-10-29-16(12-23)19(26)27)15(11-14-7-4-9-28-14)24-17(20-21-22-24)13-5-2-1-3-6-13/h1-7,9,11,16H,8,10,12H2,(H,26,27). The smallest absolute Gasteiger partial charge is 0.334 e. The maximum atomic E-state index is 13.3. The molecular weight excluding hydrogens is 378 g/mol. The first-order chi connectivity index (χ1) is 14.1. The van der Waals surface area contributed by atoms with E-state index in [0.717, 1.165) is 5.56 Å². The van der Waals surface area contributed by atoms with Crippen LogP contribution < -0.4 is 0 Å². The van der Waals surface area contributed by atoms with E-state index in [-0.39, 0.29) is 25.4 Å². The summed E-state index contributed by atoms with van der Waals surface area (Å²) in [6, 6.07) is 12.6. The van der Waals surface area contributed by atoms with E-state index >= 15 is 0 Å². The summed E-state index contributed by atoms with van der Waals surface area (Å²) in [6.07, 6.45) is 1.93. The van der Waals surface area contributed by atoms with Gasteiger partial charge in [0.25, 0.3) is 5.91 Å². The average molecular weight is 395 g/mol. The number of amides is 1. The van der Waals surface area contributed by atoms with E-state index in [2.05, 4.69) is 15.5 Å². The number of morpholine rings is 1. The molecule has 4 rings (SSSR count). The predicted octanol–water partition coefficient (Wildman–Crippen LogP) is 1.24. The molecule has 0 radical (unpaired) electrons. The van der Waals surface area contributed by atoms with Crippen molar-refractivity contribution in [3.63, 3.8) is 0 Å². The number of hydrogen-bond acceptors (Lipinski definition) is 7. The number of carboxylic acid groups (broad SMARTS) is 1. The van der Waals surface area contributed by atoms with Crippen LogP contribution in [0, 0.1) is 0 Å². The molecule has 1 saturated heterocycles. The lowest BCUT2D eigenvalue weighted by atomic mass is 10.2. The van der Waals surface area contributed by atoms with Gasteiger partial charge in [0.15, 0.2) is 11.9 Å². The topological polar surface area (TPSA) is 124 Å². The van der Waals surface area contributed by atoms with Crippen molar-refractivity contribution in [1.82, 2.24) is 25.1 Å². The Balaban J connectivity index is 1.74. The second kappa shape index (κ2) is 8.07. The molecule has 0 saturated carbocycles. The quantitative estimate of drug-likeness (QED) is 0.640. The van der Waals surface area contributed by atoms with Crippen LogP contribution in [0.25, 0.3) is 23.2 Å². The van der Waals surface area contributed by atoms with E-state index in [1.54, 1.807) is 12.1 Å². The number of carbonyl (C=O) groups is 2. The Labute approximate surface area is 165 Å². The van der Waals surface area contributed by atoms with Crippen LogP contribution in [0.15, 0.2) is 53.1 Å². The number of benzene rings is 1. The van der Waals surface area contributed by atoms with Crippen molar-refractivity contribution in [2.45, 2.75) is 6.10 Å². The van der Waals surface area contributed by atoms with E-state index in [4.69, 9.17) is 9.15 Å². The molecule has 29 heavy (non-hydrogen) atoms. The average Bonchev–Trinajstić information content (AvgIpc) is 3.44. The summed E-state index contributed by atoms with van der Waals surface area (Å²) in [5, 5.41) is 21.0. The Hall–Kier alpha value is -3.79. The fourth-order valence-electron chi connectivity index (χ4n) is 2.98. The highest BCUT2D eigenvalue weighted by Gasteiger charge is 2.32. The molecule has 0 aliphatic carbocycles. The van der Waals surface area contributed by atoms with Crippen molar-refractivity contribution in [1.29, 1.82) is 0 Å². The van der Waals surface area contributed by atoms with Crippen molar-refractivity contribution in [3.05, 3.63) is 54.5 Å². The zero-order valence-corrected chi connectivity index (χ0v) is 15.2. The van der Waals surface area contributed by atoms with E-state index in [9.17, 15) is 14.7 Å². The van der Waals surface area contributed by atoms with Crippen LogP contribution in [-0.2, 0) is 14.3 Å². The molecule has 10 heteroatoms. The van der Waals surface area contributed by atoms with E-state index < -0.39 is 18.0 Å². The molecule has 148 valence electrons. The van der Waals surface area contributed by atoms with Crippen LogP contribution in [0.4, 0.5) is 0 Å². The molecular formula is C19H17N5O5. The van der Waals surface area contributed by atoms with Gasteiger partial charge in [-0.15, -0.1) is 5.10 Å². The van der Waals surface area contributed by atoms with Gasteiger partial charge in [-0.05, 0) is 22.6 Å².